The minimum absolute atomic E-state index is 0.0658. The second-order valence-corrected chi connectivity index (χ2v) is 3.50. The van der Waals surface area contributed by atoms with Crippen molar-refractivity contribution >= 4 is 5.78 Å². The van der Waals surface area contributed by atoms with Crippen LogP contribution in [0.15, 0.2) is 18.2 Å². The first-order chi connectivity index (χ1) is 6.65. The minimum Gasteiger partial charge on any atom is -0.508 e. The summed E-state index contributed by atoms with van der Waals surface area (Å²) in [7, 11) is 0. The molecule has 0 aromatic heterocycles. The van der Waals surface area contributed by atoms with Gasteiger partial charge >= 0.3 is 0 Å². The molecule has 76 valence electrons. The van der Waals surface area contributed by atoms with Crippen LogP contribution >= 0.6 is 0 Å². The van der Waals surface area contributed by atoms with E-state index in [1.807, 2.05) is 0 Å². The van der Waals surface area contributed by atoms with Gasteiger partial charge in [-0.25, -0.2) is 0 Å². The molecule has 1 rings (SSSR count). The Kier molecular flexibility index (Phi) is 3.69. The van der Waals surface area contributed by atoms with Gasteiger partial charge < -0.3 is 5.11 Å². The second kappa shape index (κ2) is 4.80. The number of carbonyl (C=O) groups excluding carboxylic acids is 1. The van der Waals surface area contributed by atoms with Crippen molar-refractivity contribution in [2.24, 2.45) is 0 Å². The molecule has 0 unspecified atom stereocenters. The fourth-order valence-corrected chi connectivity index (χ4v) is 1.50. The van der Waals surface area contributed by atoms with Gasteiger partial charge in [0.2, 0.25) is 0 Å². The summed E-state index contributed by atoms with van der Waals surface area (Å²) in [5.41, 5.74) is 1.69. The molecule has 0 aliphatic rings. The predicted molar refractivity (Wildman–Crippen MR) is 56.7 cm³/mol. The van der Waals surface area contributed by atoms with E-state index in [4.69, 9.17) is 0 Å². The minimum atomic E-state index is 0.0658. The first-order valence-electron chi connectivity index (χ1n) is 4.98. The third kappa shape index (κ3) is 2.59. The molecule has 0 saturated heterocycles. The molecule has 1 aromatic rings. The predicted octanol–water partition coefficient (Wildman–Crippen LogP) is 2.94. The maximum atomic E-state index is 11.3. The maximum Gasteiger partial charge on any atom is 0.160 e. The Labute approximate surface area is 84.6 Å². The Morgan fingerprint density at radius 2 is 2.14 bits per heavy atom. The van der Waals surface area contributed by atoms with Gasteiger partial charge in [-0.2, -0.15) is 0 Å². The van der Waals surface area contributed by atoms with Crippen molar-refractivity contribution in [3.63, 3.8) is 0 Å². The number of rotatable bonds is 4. The van der Waals surface area contributed by atoms with Crippen molar-refractivity contribution < 1.29 is 9.90 Å². The number of unbranched alkanes of at least 4 members (excludes halogenated alkanes) is 1. The summed E-state index contributed by atoms with van der Waals surface area (Å²) in [5, 5.41) is 9.31. The van der Waals surface area contributed by atoms with Crippen molar-refractivity contribution in [2.75, 3.05) is 0 Å². The van der Waals surface area contributed by atoms with Gasteiger partial charge in [-0.15, -0.1) is 0 Å². The van der Waals surface area contributed by atoms with Crippen LogP contribution in [0.3, 0.4) is 0 Å². The first kappa shape index (κ1) is 10.8. The molecular formula is C12H16O2. The van der Waals surface area contributed by atoms with Crippen molar-refractivity contribution in [3.05, 3.63) is 29.3 Å². The molecule has 1 aromatic carbocycles. The zero-order valence-corrected chi connectivity index (χ0v) is 8.71. The number of Topliss-reactive ketones (excluding diaryl/α,β-unsaturated/α-hetero) is 1. The maximum absolute atomic E-state index is 11.3. The highest BCUT2D eigenvalue weighted by Gasteiger charge is 2.07. The van der Waals surface area contributed by atoms with Crippen LogP contribution < -0.4 is 0 Å². The Bertz CT molecular complexity index is 329. The van der Waals surface area contributed by atoms with Crippen molar-refractivity contribution in [3.8, 4) is 5.75 Å². The zero-order chi connectivity index (χ0) is 10.6. The highest BCUT2D eigenvalue weighted by atomic mass is 16.3. The van der Waals surface area contributed by atoms with Gasteiger partial charge in [0.25, 0.3) is 0 Å². The standard InChI is InChI=1S/C12H16O2/c1-3-4-5-10-8-11(14)6-7-12(10)9(2)13/h6-8,14H,3-5H2,1-2H3. The molecule has 0 fully saturated rings. The van der Waals surface area contributed by atoms with Crippen LogP contribution in [0.2, 0.25) is 0 Å². The average Bonchev–Trinajstić information content (AvgIpc) is 2.14. The van der Waals surface area contributed by atoms with Crippen LogP contribution in [0.5, 0.6) is 5.75 Å². The van der Waals surface area contributed by atoms with E-state index in [9.17, 15) is 9.90 Å². The topological polar surface area (TPSA) is 37.3 Å². The van der Waals surface area contributed by atoms with Gasteiger partial charge in [-0.05, 0) is 43.5 Å². The number of hydrogen-bond donors (Lipinski definition) is 1. The van der Waals surface area contributed by atoms with Crippen LogP contribution in [0.1, 0.15) is 42.6 Å². The van der Waals surface area contributed by atoms with Crippen LogP contribution in [0.4, 0.5) is 0 Å². The highest BCUT2D eigenvalue weighted by molar-refractivity contribution is 5.95. The van der Waals surface area contributed by atoms with Crippen molar-refractivity contribution in [1.82, 2.24) is 0 Å². The summed E-state index contributed by atoms with van der Waals surface area (Å²) in [6.07, 6.45) is 3.00. The molecule has 0 saturated carbocycles. The monoisotopic (exact) mass is 192 g/mol. The summed E-state index contributed by atoms with van der Waals surface area (Å²) in [6, 6.07) is 4.95. The number of phenols is 1. The average molecular weight is 192 g/mol. The molecule has 0 radical (unpaired) electrons. The summed E-state index contributed by atoms with van der Waals surface area (Å²) in [4.78, 5) is 11.3. The number of hydrogen-bond acceptors (Lipinski definition) is 2. The van der Waals surface area contributed by atoms with E-state index in [-0.39, 0.29) is 11.5 Å². The number of carbonyl (C=O) groups is 1. The van der Waals surface area contributed by atoms with Crippen LogP contribution in [0, 0.1) is 0 Å². The SMILES string of the molecule is CCCCc1cc(O)ccc1C(C)=O. The molecule has 0 spiro atoms. The zero-order valence-electron chi connectivity index (χ0n) is 8.71. The highest BCUT2D eigenvalue weighted by Crippen LogP contribution is 2.19. The summed E-state index contributed by atoms with van der Waals surface area (Å²) >= 11 is 0. The molecule has 1 N–H and O–H groups in total. The van der Waals surface area contributed by atoms with Gasteiger partial charge in [0.15, 0.2) is 5.78 Å². The van der Waals surface area contributed by atoms with E-state index in [0.717, 1.165) is 30.4 Å². The first-order valence-corrected chi connectivity index (χ1v) is 4.98. The molecule has 0 amide bonds. The molecule has 0 bridgehead atoms. The van der Waals surface area contributed by atoms with E-state index in [0.29, 0.717) is 0 Å². The Balaban J connectivity index is 2.97. The second-order valence-electron chi connectivity index (χ2n) is 3.50. The van der Waals surface area contributed by atoms with Crippen molar-refractivity contribution in [1.29, 1.82) is 0 Å². The van der Waals surface area contributed by atoms with E-state index >= 15 is 0 Å². The summed E-state index contributed by atoms with van der Waals surface area (Å²) in [6.45, 7) is 3.66. The van der Waals surface area contributed by atoms with E-state index < -0.39 is 0 Å². The third-order valence-electron chi connectivity index (χ3n) is 2.27. The Hall–Kier alpha value is -1.31. The quantitative estimate of drug-likeness (QED) is 0.745. The third-order valence-corrected chi connectivity index (χ3v) is 2.27. The number of aromatic hydroxyl groups is 1. The molecule has 2 nitrogen and oxygen atoms in total. The lowest BCUT2D eigenvalue weighted by Gasteiger charge is -2.06. The molecule has 0 aliphatic heterocycles. The normalized spacial score (nSPS) is 10.1. The fraction of sp³-hybridized carbons (Fsp3) is 0.417. The van der Waals surface area contributed by atoms with Gasteiger partial charge in [-0.1, -0.05) is 13.3 Å². The Morgan fingerprint density at radius 3 is 2.71 bits per heavy atom. The van der Waals surface area contributed by atoms with Gasteiger partial charge in [0, 0.05) is 5.56 Å². The van der Waals surface area contributed by atoms with Crippen molar-refractivity contribution in [2.45, 2.75) is 33.1 Å². The summed E-state index contributed by atoms with van der Waals surface area (Å²) in [5.74, 6) is 0.303. The molecule has 0 heterocycles. The largest absolute Gasteiger partial charge is 0.508 e. The smallest absolute Gasteiger partial charge is 0.160 e. The van der Waals surface area contributed by atoms with E-state index in [2.05, 4.69) is 6.92 Å². The van der Waals surface area contributed by atoms with Gasteiger partial charge in [-0.3, -0.25) is 4.79 Å². The van der Waals surface area contributed by atoms with Gasteiger partial charge in [0.1, 0.15) is 5.75 Å². The molecule has 14 heavy (non-hydrogen) atoms. The number of aryl methyl sites for hydroxylation is 1. The van der Waals surface area contributed by atoms with Crippen LogP contribution in [-0.4, -0.2) is 10.9 Å². The lowest BCUT2D eigenvalue weighted by molar-refractivity contribution is 0.101. The summed E-state index contributed by atoms with van der Waals surface area (Å²) < 4.78 is 0. The number of ketones is 1. The molecule has 0 aliphatic carbocycles. The lowest BCUT2D eigenvalue weighted by Crippen LogP contribution is -1.99. The molecule has 0 atom stereocenters. The van der Waals surface area contributed by atoms with E-state index in [1.54, 1.807) is 25.1 Å². The van der Waals surface area contributed by atoms with Gasteiger partial charge in [0.05, 0.1) is 0 Å². The molecular weight excluding hydrogens is 176 g/mol. The van der Waals surface area contributed by atoms with E-state index in [1.165, 1.54) is 0 Å². The van der Waals surface area contributed by atoms with Crippen LogP contribution in [-0.2, 0) is 6.42 Å². The molecule has 2 heteroatoms. The number of phenolic OH excluding ortho intramolecular Hbond substituents is 1. The fourth-order valence-electron chi connectivity index (χ4n) is 1.50. The number of benzene rings is 1. The lowest BCUT2D eigenvalue weighted by atomic mass is 9.99. The van der Waals surface area contributed by atoms with Crippen LogP contribution in [0.25, 0.3) is 0 Å². The Morgan fingerprint density at radius 1 is 1.43 bits per heavy atom.